The molecule has 62 valence electrons. The first-order valence-corrected chi connectivity index (χ1v) is 2.83. The van der Waals surface area contributed by atoms with Crippen molar-refractivity contribution in [2.75, 3.05) is 13.7 Å². The Morgan fingerprint density at radius 2 is 2.18 bits per heavy atom. The summed E-state index contributed by atoms with van der Waals surface area (Å²) < 4.78 is 8.52. The highest BCUT2D eigenvalue weighted by atomic mass is 16.6. The number of amides is 2. The predicted molar refractivity (Wildman–Crippen MR) is 37.1 cm³/mol. The molecule has 0 aliphatic rings. The van der Waals surface area contributed by atoms with Gasteiger partial charge < -0.3 is 9.47 Å². The van der Waals surface area contributed by atoms with E-state index in [0.717, 1.165) is 7.11 Å². The first-order valence-electron chi connectivity index (χ1n) is 2.83. The van der Waals surface area contributed by atoms with Gasteiger partial charge in [0, 0.05) is 0 Å². The van der Waals surface area contributed by atoms with Gasteiger partial charge in [-0.05, 0) is 0 Å². The SMILES string of the molecule is C=CCOC(=O)NC(=O)OC. The number of imide groups is 1. The van der Waals surface area contributed by atoms with Crippen molar-refractivity contribution in [3.8, 4) is 0 Å². The van der Waals surface area contributed by atoms with Crippen molar-refractivity contribution in [2.24, 2.45) is 0 Å². The smallest absolute Gasteiger partial charge is 0.416 e. The summed E-state index contributed by atoms with van der Waals surface area (Å²) in [7, 11) is 1.15. The summed E-state index contributed by atoms with van der Waals surface area (Å²) in [4.78, 5) is 20.8. The van der Waals surface area contributed by atoms with Gasteiger partial charge in [-0.3, -0.25) is 0 Å². The summed E-state index contributed by atoms with van der Waals surface area (Å²) in [6.45, 7) is 3.37. The average molecular weight is 159 g/mol. The van der Waals surface area contributed by atoms with Crippen LogP contribution in [-0.2, 0) is 9.47 Å². The number of rotatable bonds is 2. The van der Waals surface area contributed by atoms with E-state index < -0.39 is 12.2 Å². The van der Waals surface area contributed by atoms with Crippen molar-refractivity contribution in [2.45, 2.75) is 0 Å². The van der Waals surface area contributed by atoms with E-state index in [1.165, 1.54) is 6.08 Å². The van der Waals surface area contributed by atoms with Gasteiger partial charge in [-0.2, -0.15) is 0 Å². The number of methoxy groups -OCH3 is 1. The Hall–Kier alpha value is -1.52. The molecule has 0 heterocycles. The molecule has 0 radical (unpaired) electrons. The minimum atomic E-state index is -0.850. The van der Waals surface area contributed by atoms with Gasteiger partial charge in [0.05, 0.1) is 7.11 Å². The van der Waals surface area contributed by atoms with Gasteiger partial charge in [0.15, 0.2) is 0 Å². The van der Waals surface area contributed by atoms with Crippen LogP contribution < -0.4 is 5.32 Å². The number of ether oxygens (including phenoxy) is 2. The summed E-state index contributed by atoms with van der Waals surface area (Å²) >= 11 is 0. The molecule has 5 heteroatoms. The van der Waals surface area contributed by atoms with Gasteiger partial charge in [-0.25, -0.2) is 14.9 Å². The van der Waals surface area contributed by atoms with Crippen LogP contribution in [0.2, 0.25) is 0 Å². The van der Waals surface area contributed by atoms with Crippen molar-refractivity contribution in [3.63, 3.8) is 0 Å². The zero-order valence-electron chi connectivity index (χ0n) is 6.12. The third kappa shape index (κ3) is 4.95. The molecule has 0 spiro atoms. The fraction of sp³-hybridized carbons (Fsp3) is 0.333. The van der Waals surface area contributed by atoms with Crippen molar-refractivity contribution >= 4 is 12.2 Å². The van der Waals surface area contributed by atoms with E-state index in [4.69, 9.17) is 0 Å². The standard InChI is InChI=1S/C6H9NO4/c1-3-4-11-6(9)7-5(8)10-2/h3H,1,4H2,2H3,(H,7,8,9). The van der Waals surface area contributed by atoms with E-state index in [0.29, 0.717) is 0 Å². The van der Waals surface area contributed by atoms with Crippen LogP contribution in [0.1, 0.15) is 0 Å². The maximum Gasteiger partial charge on any atom is 0.416 e. The van der Waals surface area contributed by atoms with Crippen LogP contribution >= 0.6 is 0 Å². The molecule has 11 heavy (non-hydrogen) atoms. The second kappa shape index (κ2) is 5.28. The van der Waals surface area contributed by atoms with Crippen molar-refractivity contribution in [1.82, 2.24) is 5.32 Å². The van der Waals surface area contributed by atoms with E-state index in [9.17, 15) is 9.59 Å². The number of hydrogen-bond donors (Lipinski definition) is 1. The molecule has 0 rings (SSSR count). The molecular formula is C6H9NO4. The largest absolute Gasteiger partial charge is 0.453 e. The molecule has 0 saturated carbocycles. The lowest BCUT2D eigenvalue weighted by Gasteiger charge is -2.01. The first kappa shape index (κ1) is 9.48. The van der Waals surface area contributed by atoms with E-state index in [1.54, 1.807) is 5.32 Å². The minimum absolute atomic E-state index is 0.0584. The van der Waals surface area contributed by atoms with Gasteiger partial charge >= 0.3 is 12.2 Å². The van der Waals surface area contributed by atoms with E-state index in [-0.39, 0.29) is 6.61 Å². The Bertz CT molecular complexity index is 166. The van der Waals surface area contributed by atoms with Gasteiger partial charge in [0.2, 0.25) is 0 Å². The molecule has 0 fully saturated rings. The Morgan fingerprint density at radius 1 is 1.55 bits per heavy atom. The maximum absolute atomic E-state index is 10.5. The highest BCUT2D eigenvalue weighted by Gasteiger charge is 2.05. The summed E-state index contributed by atoms with van der Waals surface area (Å²) in [5, 5.41) is 1.79. The van der Waals surface area contributed by atoms with E-state index >= 15 is 0 Å². The fourth-order valence-electron chi connectivity index (χ4n) is 0.305. The molecule has 0 aromatic rings. The molecule has 0 bridgehead atoms. The number of alkyl carbamates (subject to hydrolysis) is 2. The van der Waals surface area contributed by atoms with E-state index in [1.807, 2.05) is 0 Å². The topological polar surface area (TPSA) is 64.6 Å². The van der Waals surface area contributed by atoms with Crippen LogP contribution in [0.3, 0.4) is 0 Å². The molecule has 0 saturated heterocycles. The molecule has 2 amide bonds. The van der Waals surface area contributed by atoms with Crippen LogP contribution in [-0.4, -0.2) is 25.9 Å². The van der Waals surface area contributed by atoms with Gasteiger partial charge in [-0.15, -0.1) is 0 Å². The van der Waals surface area contributed by atoms with Crippen LogP contribution in [0.25, 0.3) is 0 Å². The van der Waals surface area contributed by atoms with Crippen LogP contribution in [0.15, 0.2) is 12.7 Å². The van der Waals surface area contributed by atoms with Crippen molar-refractivity contribution < 1.29 is 19.1 Å². The van der Waals surface area contributed by atoms with E-state index in [2.05, 4.69) is 16.1 Å². The van der Waals surface area contributed by atoms with Crippen LogP contribution in [0.4, 0.5) is 9.59 Å². The van der Waals surface area contributed by atoms with Gasteiger partial charge in [0.25, 0.3) is 0 Å². The number of carbonyl (C=O) groups is 2. The highest BCUT2D eigenvalue weighted by molar-refractivity contribution is 5.87. The number of carbonyl (C=O) groups excluding carboxylic acids is 2. The third-order valence-electron chi connectivity index (χ3n) is 0.722. The molecule has 5 nitrogen and oxygen atoms in total. The zero-order valence-corrected chi connectivity index (χ0v) is 6.12. The molecule has 0 aliphatic carbocycles. The summed E-state index contributed by atoms with van der Waals surface area (Å²) in [6.07, 6.45) is -0.313. The second-order valence-corrected chi connectivity index (χ2v) is 1.50. The lowest BCUT2D eigenvalue weighted by atomic mass is 10.7. The fourth-order valence-corrected chi connectivity index (χ4v) is 0.305. The Balaban J connectivity index is 3.51. The molecule has 0 aliphatic heterocycles. The molecular weight excluding hydrogens is 150 g/mol. The second-order valence-electron chi connectivity index (χ2n) is 1.50. The number of nitrogens with one attached hydrogen (secondary N) is 1. The predicted octanol–water partition coefficient (Wildman–Crippen LogP) is 0.665. The molecule has 0 aromatic heterocycles. The average Bonchev–Trinajstić information content (AvgIpc) is 2.00. The zero-order chi connectivity index (χ0) is 8.69. The molecule has 1 N–H and O–H groups in total. The van der Waals surface area contributed by atoms with Crippen LogP contribution in [0.5, 0.6) is 0 Å². The van der Waals surface area contributed by atoms with Crippen molar-refractivity contribution in [3.05, 3.63) is 12.7 Å². The highest BCUT2D eigenvalue weighted by Crippen LogP contribution is 1.79. The first-order chi connectivity index (χ1) is 5.20. The summed E-state index contributed by atoms with van der Waals surface area (Å²) in [5.41, 5.74) is 0. The monoisotopic (exact) mass is 159 g/mol. The van der Waals surface area contributed by atoms with Gasteiger partial charge in [-0.1, -0.05) is 12.7 Å². The number of hydrogen-bond acceptors (Lipinski definition) is 4. The third-order valence-corrected chi connectivity index (χ3v) is 0.722. The van der Waals surface area contributed by atoms with Gasteiger partial charge in [0.1, 0.15) is 6.61 Å². The normalized spacial score (nSPS) is 8.09. The Labute approximate surface area is 64.0 Å². The van der Waals surface area contributed by atoms with Crippen LogP contribution in [0, 0.1) is 0 Å². The maximum atomic E-state index is 10.5. The minimum Gasteiger partial charge on any atom is -0.453 e. The molecule has 0 unspecified atom stereocenters. The quantitative estimate of drug-likeness (QED) is 0.601. The van der Waals surface area contributed by atoms with Crippen molar-refractivity contribution in [1.29, 1.82) is 0 Å². The lowest BCUT2D eigenvalue weighted by Crippen LogP contribution is -2.30. The summed E-state index contributed by atoms with van der Waals surface area (Å²) in [5.74, 6) is 0. The molecule has 0 aromatic carbocycles. The molecule has 0 atom stereocenters. The Kier molecular flexibility index (Phi) is 4.55. The lowest BCUT2D eigenvalue weighted by molar-refractivity contribution is 0.142. The summed E-state index contributed by atoms with van der Waals surface area (Å²) in [6, 6.07) is 0. The Morgan fingerprint density at radius 3 is 2.64 bits per heavy atom.